The highest BCUT2D eigenvalue weighted by molar-refractivity contribution is 6.26. The third-order valence-electron chi connectivity index (χ3n) is 8.21. The lowest BCUT2D eigenvalue weighted by Gasteiger charge is -2.37. The van der Waals surface area contributed by atoms with Gasteiger partial charge in [0, 0.05) is 16.8 Å². The van der Waals surface area contributed by atoms with Gasteiger partial charge in [0.25, 0.3) is 5.91 Å². The molecule has 0 aromatic heterocycles. The van der Waals surface area contributed by atoms with Crippen molar-refractivity contribution in [2.75, 3.05) is 25.0 Å². The maximum absolute atomic E-state index is 13.4. The van der Waals surface area contributed by atoms with Crippen LogP contribution in [-0.4, -0.2) is 30.0 Å². The van der Waals surface area contributed by atoms with Crippen LogP contribution in [0, 0.1) is 6.92 Å². The molecule has 4 heteroatoms. The number of amides is 1. The Hall–Kier alpha value is -2.88. The van der Waals surface area contributed by atoms with Gasteiger partial charge >= 0.3 is 0 Å². The summed E-state index contributed by atoms with van der Waals surface area (Å²) in [5, 5.41) is 3.17. The van der Waals surface area contributed by atoms with Crippen LogP contribution < -0.4 is 5.32 Å². The van der Waals surface area contributed by atoms with Crippen molar-refractivity contribution >= 4 is 29.6 Å². The Labute approximate surface area is 228 Å². The first-order valence-electron chi connectivity index (χ1n) is 13.7. The number of benzene rings is 3. The van der Waals surface area contributed by atoms with Gasteiger partial charge in [0.2, 0.25) is 0 Å². The maximum Gasteiger partial charge on any atom is 0.255 e. The highest BCUT2D eigenvalue weighted by Crippen LogP contribution is 2.32. The standard InChI is InChI=1S/C33H38N2O.ClH/c1-3-35(21-6-4-5-7-22-35)24-26-13-19-30(20-14-26)34-33(36)31-10-8-9-28-17-18-29(23-32(28)31)27-15-11-25(2)12-16-27;/h10-20,23H,3-9,21-22,24H2,1-2H3;1H/p+1. The number of halogens is 1. The molecular formula is C33H40ClN2O+. The molecule has 0 bridgehead atoms. The second-order valence-corrected chi connectivity index (χ2v) is 10.7. The van der Waals surface area contributed by atoms with Crippen molar-refractivity contribution in [3.8, 4) is 11.1 Å². The Morgan fingerprint density at radius 1 is 0.865 bits per heavy atom. The molecule has 3 aromatic carbocycles. The summed E-state index contributed by atoms with van der Waals surface area (Å²) in [7, 11) is 0. The molecule has 1 amide bonds. The molecule has 0 atom stereocenters. The van der Waals surface area contributed by atoms with E-state index in [1.165, 1.54) is 72.1 Å². The molecule has 1 aliphatic carbocycles. The van der Waals surface area contributed by atoms with Gasteiger partial charge in [-0.2, -0.15) is 0 Å². The van der Waals surface area contributed by atoms with E-state index in [1.807, 2.05) is 0 Å². The predicted molar refractivity (Wildman–Crippen MR) is 158 cm³/mol. The molecular weight excluding hydrogens is 476 g/mol. The van der Waals surface area contributed by atoms with Crippen molar-refractivity contribution < 1.29 is 9.28 Å². The largest absolute Gasteiger partial charge is 0.322 e. The van der Waals surface area contributed by atoms with Crippen molar-refractivity contribution in [3.63, 3.8) is 0 Å². The van der Waals surface area contributed by atoms with Gasteiger partial charge in [-0.3, -0.25) is 4.79 Å². The fourth-order valence-electron chi connectivity index (χ4n) is 5.89. The van der Waals surface area contributed by atoms with Crippen LogP contribution in [0.1, 0.15) is 61.3 Å². The number of rotatable bonds is 6. The van der Waals surface area contributed by atoms with Gasteiger partial charge in [-0.1, -0.05) is 60.2 Å². The Balaban J connectivity index is 0.00000320. The minimum Gasteiger partial charge on any atom is -0.322 e. The molecule has 3 aromatic rings. The molecule has 1 aliphatic heterocycles. The summed E-state index contributed by atoms with van der Waals surface area (Å²) in [5.74, 6) is -0.0191. The zero-order chi connectivity index (χ0) is 25.0. The summed E-state index contributed by atoms with van der Waals surface area (Å²) >= 11 is 0. The van der Waals surface area contributed by atoms with Crippen molar-refractivity contribution in [2.45, 2.75) is 58.9 Å². The van der Waals surface area contributed by atoms with Crippen molar-refractivity contribution in [1.82, 2.24) is 0 Å². The molecule has 37 heavy (non-hydrogen) atoms. The molecule has 1 fully saturated rings. The van der Waals surface area contributed by atoms with Gasteiger partial charge in [-0.25, -0.2) is 0 Å². The SMILES string of the molecule is CC[N+]1(Cc2ccc(NC(=O)C3=CCCc4ccc(-c5ccc(C)cc5)cc43)cc2)CCCCCC1.Cl. The number of hydrogen-bond acceptors (Lipinski definition) is 1. The summed E-state index contributed by atoms with van der Waals surface area (Å²) in [4.78, 5) is 13.4. The Kier molecular flexibility index (Phi) is 8.89. The maximum atomic E-state index is 13.4. The number of aryl methyl sites for hydroxylation is 2. The van der Waals surface area contributed by atoms with Crippen molar-refractivity contribution in [3.05, 3.63) is 95.1 Å². The van der Waals surface area contributed by atoms with E-state index < -0.39 is 0 Å². The van der Waals surface area contributed by atoms with Crippen LogP contribution in [0.2, 0.25) is 0 Å². The number of carbonyl (C=O) groups excluding carboxylic acids is 1. The minimum atomic E-state index is -0.0191. The highest BCUT2D eigenvalue weighted by atomic mass is 35.5. The fourth-order valence-corrected chi connectivity index (χ4v) is 5.89. The first-order valence-corrected chi connectivity index (χ1v) is 13.7. The van der Waals surface area contributed by atoms with E-state index in [4.69, 9.17) is 0 Å². The number of hydrogen-bond donors (Lipinski definition) is 1. The average Bonchev–Trinajstić information content (AvgIpc) is 3.15. The van der Waals surface area contributed by atoms with E-state index >= 15 is 0 Å². The van der Waals surface area contributed by atoms with Crippen molar-refractivity contribution in [1.29, 1.82) is 0 Å². The number of anilines is 1. The van der Waals surface area contributed by atoms with E-state index in [0.717, 1.165) is 41.8 Å². The molecule has 0 radical (unpaired) electrons. The Morgan fingerprint density at radius 2 is 1.54 bits per heavy atom. The van der Waals surface area contributed by atoms with Gasteiger partial charge in [0.1, 0.15) is 6.54 Å². The van der Waals surface area contributed by atoms with Crippen molar-refractivity contribution in [2.24, 2.45) is 0 Å². The third kappa shape index (κ3) is 6.34. The van der Waals surface area contributed by atoms with Gasteiger partial charge < -0.3 is 9.80 Å². The fraction of sp³-hybridized carbons (Fsp3) is 0.364. The number of likely N-dealkylation sites (tertiary alicyclic amines) is 1. The van der Waals surface area contributed by atoms with E-state index in [9.17, 15) is 4.79 Å². The Morgan fingerprint density at radius 3 is 2.22 bits per heavy atom. The molecule has 5 rings (SSSR count). The van der Waals surface area contributed by atoms with Crippen LogP contribution >= 0.6 is 12.4 Å². The molecule has 0 spiro atoms. The van der Waals surface area contributed by atoms with Crippen LogP contribution in [0.5, 0.6) is 0 Å². The summed E-state index contributed by atoms with van der Waals surface area (Å²) < 4.78 is 1.19. The molecule has 3 nitrogen and oxygen atoms in total. The summed E-state index contributed by atoms with van der Waals surface area (Å²) in [5.41, 5.74) is 8.91. The number of nitrogens with one attached hydrogen (secondary N) is 1. The first kappa shape index (κ1) is 27.2. The van der Waals surface area contributed by atoms with E-state index in [0.29, 0.717) is 0 Å². The summed E-state index contributed by atoms with van der Waals surface area (Å²) in [6.45, 7) is 9.29. The average molecular weight is 516 g/mol. The number of carbonyl (C=O) groups is 1. The topological polar surface area (TPSA) is 29.1 Å². The van der Waals surface area contributed by atoms with Gasteiger partial charge in [0.15, 0.2) is 0 Å². The Bertz CT molecular complexity index is 1240. The third-order valence-corrected chi connectivity index (χ3v) is 8.21. The lowest BCUT2D eigenvalue weighted by Crippen LogP contribution is -2.47. The van der Waals surface area contributed by atoms with Crippen LogP contribution in [0.25, 0.3) is 16.7 Å². The van der Waals surface area contributed by atoms with Gasteiger partial charge in [-0.05, 0) is 92.8 Å². The normalized spacial score (nSPS) is 16.5. The second kappa shape index (κ2) is 12.1. The minimum absolute atomic E-state index is 0. The summed E-state index contributed by atoms with van der Waals surface area (Å²) in [6, 6.07) is 23.7. The van der Waals surface area contributed by atoms with Crippen LogP contribution in [0.3, 0.4) is 0 Å². The first-order chi connectivity index (χ1) is 17.5. The van der Waals surface area contributed by atoms with Gasteiger partial charge in [0.05, 0.1) is 19.6 Å². The molecule has 0 saturated carbocycles. The quantitative estimate of drug-likeness (QED) is 0.331. The lowest BCUT2D eigenvalue weighted by molar-refractivity contribution is -0.938. The molecule has 0 unspecified atom stereocenters. The number of fused-ring (bicyclic) bond motifs is 1. The number of quaternary nitrogens is 1. The smallest absolute Gasteiger partial charge is 0.255 e. The van der Waals surface area contributed by atoms with Crippen LogP contribution in [0.15, 0.2) is 72.8 Å². The van der Waals surface area contributed by atoms with E-state index in [1.54, 1.807) is 0 Å². The molecule has 1 N–H and O–H groups in total. The van der Waals surface area contributed by atoms with Crippen LogP contribution in [-0.2, 0) is 17.8 Å². The molecule has 2 aliphatic rings. The molecule has 1 saturated heterocycles. The zero-order valence-electron chi connectivity index (χ0n) is 22.3. The molecule has 194 valence electrons. The number of allylic oxidation sites excluding steroid dienone is 1. The predicted octanol–water partition coefficient (Wildman–Crippen LogP) is 7.96. The monoisotopic (exact) mass is 515 g/mol. The summed E-state index contributed by atoms with van der Waals surface area (Å²) in [6.07, 6.45) is 9.39. The van der Waals surface area contributed by atoms with E-state index in [2.05, 4.69) is 92.0 Å². The van der Waals surface area contributed by atoms with E-state index in [-0.39, 0.29) is 18.3 Å². The number of nitrogens with zero attached hydrogens (tertiary/aromatic N) is 1. The highest BCUT2D eigenvalue weighted by Gasteiger charge is 2.27. The zero-order valence-corrected chi connectivity index (χ0v) is 23.1. The lowest BCUT2D eigenvalue weighted by atomic mass is 9.87. The molecule has 1 heterocycles. The van der Waals surface area contributed by atoms with Gasteiger partial charge in [-0.15, -0.1) is 12.4 Å². The van der Waals surface area contributed by atoms with Crippen LogP contribution in [0.4, 0.5) is 5.69 Å². The second-order valence-electron chi connectivity index (χ2n) is 10.7.